The normalized spacial score (nSPS) is 15.0. The molecular weight excluding hydrogens is 394 g/mol. The first-order chi connectivity index (χ1) is 13.9. The van der Waals surface area contributed by atoms with E-state index in [0.717, 1.165) is 44.1 Å². The Bertz CT molecular complexity index is 1050. The highest BCUT2D eigenvalue weighted by Crippen LogP contribution is 2.35. The third kappa shape index (κ3) is 3.66. The van der Waals surface area contributed by atoms with Gasteiger partial charge in [0, 0.05) is 6.07 Å². The Labute approximate surface area is 169 Å². The van der Waals surface area contributed by atoms with Crippen LogP contribution in [0, 0.1) is 0 Å². The van der Waals surface area contributed by atoms with Crippen molar-refractivity contribution >= 4 is 15.9 Å². The van der Waals surface area contributed by atoms with E-state index in [9.17, 15) is 13.2 Å². The number of nitrogens with one attached hydrogen (secondary N) is 1. The van der Waals surface area contributed by atoms with Gasteiger partial charge in [-0.1, -0.05) is 6.07 Å². The SMILES string of the molecule is COc1cc(S(=O)(=O)NC(=O)Cc2c3c(cc4c2CCC4)CCC3)c(OC)nn1. The van der Waals surface area contributed by atoms with E-state index in [0.29, 0.717) is 0 Å². The second-order valence-corrected chi connectivity index (χ2v) is 8.95. The van der Waals surface area contributed by atoms with Crippen molar-refractivity contribution in [3.63, 3.8) is 0 Å². The number of carbonyl (C=O) groups is 1. The minimum Gasteiger partial charge on any atom is -0.480 e. The highest BCUT2D eigenvalue weighted by Gasteiger charge is 2.28. The summed E-state index contributed by atoms with van der Waals surface area (Å²) in [6, 6.07) is 3.46. The molecule has 0 bridgehead atoms. The summed E-state index contributed by atoms with van der Waals surface area (Å²) in [5, 5.41) is 7.39. The second-order valence-electron chi connectivity index (χ2n) is 7.30. The lowest BCUT2D eigenvalue weighted by atomic mass is 9.92. The molecule has 0 radical (unpaired) electrons. The van der Waals surface area contributed by atoms with Crippen molar-refractivity contribution in [3.05, 3.63) is 39.9 Å². The molecule has 0 saturated heterocycles. The largest absolute Gasteiger partial charge is 0.480 e. The zero-order chi connectivity index (χ0) is 20.6. The molecule has 4 rings (SSSR count). The number of methoxy groups -OCH3 is 2. The highest BCUT2D eigenvalue weighted by atomic mass is 32.2. The van der Waals surface area contributed by atoms with E-state index in [1.54, 1.807) is 0 Å². The molecule has 0 aliphatic heterocycles. The number of hydrogen-bond acceptors (Lipinski definition) is 7. The van der Waals surface area contributed by atoms with Crippen LogP contribution >= 0.6 is 0 Å². The number of amides is 1. The highest BCUT2D eigenvalue weighted by molar-refractivity contribution is 7.90. The Morgan fingerprint density at radius 3 is 2.24 bits per heavy atom. The topological polar surface area (TPSA) is 107 Å². The van der Waals surface area contributed by atoms with Crippen molar-refractivity contribution in [2.75, 3.05) is 14.2 Å². The minimum absolute atomic E-state index is 0.0114. The van der Waals surface area contributed by atoms with Gasteiger partial charge in [0.05, 0.1) is 20.6 Å². The fourth-order valence-electron chi connectivity index (χ4n) is 4.33. The summed E-state index contributed by atoms with van der Waals surface area (Å²) in [6.45, 7) is 0. The predicted octanol–water partition coefficient (Wildman–Crippen LogP) is 1.52. The van der Waals surface area contributed by atoms with Gasteiger partial charge in [0.25, 0.3) is 15.9 Å². The smallest absolute Gasteiger partial charge is 0.269 e. The number of aryl methyl sites for hydroxylation is 2. The first-order valence-electron chi connectivity index (χ1n) is 9.59. The van der Waals surface area contributed by atoms with Crippen LogP contribution in [-0.2, 0) is 46.9 Å². The van der Waals surface area contributed by atoms with E-state index >= 15 is 0 Å². The average molecular weight is 417 g/mol. The third-order valence-electron chi connectivity index (χ3n) is 5.58. The fraction of sp³-hybridized carbons (Fsp3) is 0.450. The van der Waals surface area contributed by atoms with Gasteiger partial charge in [-0.25, -0.2) is 13.1 Å². The molecule has 8 nitrogen and oxygen atoms in total. The van der Waals surface area contributed by atoms with Crippen LogP contribution in [0.15, 0.2) is 17.0 Å². The van der Waals surface area contributed by atoms with Gasteiger partial charge in [0.1, 0.15) is 0 Å². The molecule has 0 saturated carbocycles. The van der Waals surface area contributed by atoms with Gasteiger partial charge in [-0.15, -0.1) is 10.2 Å². The van der Waals surface area contributed by atoms with E-state index in [4.69, 9.17) is 9.47 Å². The summed E-state index contributed by atoms with van der Waals surface area (Å²) in [6.07, 6.45) is 6.12. The standard InChI is InChI=1S/C20H23N3O5S/c1-27-19-11-17(20(28-2)22-21-19)29(25,26)23-18(24)10-16-14-7-3-5-12(14)9-13-6-4-8-15(13)16/h9,11H,3-8,10H2,1-2H3,(H,23,24). The number of benzene rings is 1. The van der Waals surface area contributed by atoms with Gasteiger partial charge < -0.3 is 9.47 Å². The van der Waals surface area contributed by atoms with Gasteiger partial charge in [0.15, 0.2) is 4.90 Å². The Morgan fingerprint density at radius 2 is 1.66 bits per heavy atom. The van der Waals surface area contributed by atoms with Crippen LogP contribution in [0.3, 0.4) is 0 Å². The van der Waals surface area contributed by atoms with E-state index < -0.39 is 15.9 Å². The van der Waals surface area contributed by atoms with Crippen molar-refractivity contribution in [2.45, 2.75) is 49.8 Å². The summed E-state index contributed by atoms with van der Waals surface area (Å²) in [5.74, 6) is -0.762. The number of ether oxygens (including phenoxy) is 2. The molecular formula is C20H23N3O5S. The van der Waals surface area contributed by atoms with Crippen molar-refractivity contribution < 1.29 is 22.7 Å². The molecule has 0 unspecified atom stereocenters. The fourth-order valence-corrected chi connectivity index (χ4v) is 5.42. The molecule has 2 aliphatic carbocycles. The summed E-state index contributed by atoms with van der Waals surface area (Å²) < 4.78 is 37.7. The zero-order valence-corrected chi connectivity index (χ0v) is 17.3. The van der Waals surface area contributed by atoms with Crippen LogP contribution in [0.4, 0.5) is 0 Å². The summed E-state index contributed by atoms with van der Waals surface area (Å²) >= 11 is 0. The maximum Gasteiger partial charge on any atom is 0.269 e. The van der Waals surface area contributed by atoms with Crippen LogP contribution in [-0.4, -0.2) is 38.7 Å². The first-order valence-corrected chi connectivity index (χ1v) is 11.1. The Kier molecular flexibility index (Phi) is 5.16. The lowest BCUT2D eigenvalue weighted by Crippen LogP contribution is -2.32. The van der Waals surface area contributed by atoms with Crippen LogP contribution in [0.25, 0.3) is 0 Å². The number of sulfonamides is 1. The van der Waals surface area contributed by atoms with Gasteiger partial charge in [-0.05, 0) is 66.3 Å². The molecule has 1 amide bonds. The van der Waals surface area contributed by atoms with Crippen LogP contribution in [0.2, 0.25) is 0 Å². The van der Waals surface area contributed by atoms with Crippen LogP contribution in [0.1, 0.15) is 40.7 Å². The average Bonchev–Trinajstić information content (AvgIpc) is 3.36. The van der Waals surface area contributed by atoms with Gasteiger partial charge in [-0.2, -0.15) is 0 Å². The molecule has 1 heterocycles. The second kappa shape index (κ2) is 7.62. The Morgan fingerprint density at radius 1 is 1.00 bits per heavy atom. The van der Waals surface area contributed by atoms with Crippen LogP contribution in [0.5, 0.6) is 11.8 Å². The number of aromatic nitrogens is 2. The molecule has 2 aliphatic rings. The van der Waals surface area contributed by atoms with E-state index in [-0.39, 0.29) is 23.1 Å². The third-order valence-corrected chi connectivity index (χ3v) is 6.95. The quantitative estimate of drug-likeness (QED) is 0.759. The van der Waals surface area contributed by atoms with Crippen molar-refractivity contribution in [3.8, 4) is 11.8 Å². The molecule has 0 fully saturated rings. The number of nitrogens with zero attached hydrogens (tertiary/aromatic N) is 2. The molecule has 154 valence electrons. The lowest BCUT2D eigenvalue weighted by Gasteiger charge is -2.15. The molecule has 1 aromatic carbocycles. The number of fused-ring (bicyclic) bond motifs is 2. The maximum absolute atomic E-state index is 12.8. The number of hydrogen-bond donors (Lipinski definition) is 1. The predicted molar refractivity (Wildman–Crippen MR) is 105 cm³/mol. The van der Waals surface area contributed by atoms with Crippen LogP contribution < -0.4 is 14.2 Å². The van der Waals surface area contributed by atoms with E-state index in [1.807, 2.05) is 0 Å². The molecule has 2 aromatic rings. The molecule has 29 heavy (non-hydrogen) atoms. The van der Waals surface area contributed by atoms with Crippen molar-refractivity contribution in [1.29, 1.82) is 0 Å². The van der Waals surface area contributed by atoms with Gasteiger partial charge in [0.2, 0.25) is 11.8 Å². The first kappa shape index (κ1) is 19.6. The van der Waals surface area contributed by atoms with Gasteiger partial charge in [-0.3, -0.25) is 4.79 Å². The van der Waals surface area contributed by atoms with Crippen molar-refractivity contribution in [2.24, 2.45) is 0 Å². The summed E-state index contributed by atoms with van der Waals surface area (Å²) in [4.78, 5) is 12.5. The monoisotopic (exact) mass is 417 g/mol. The van der Waals surface area contributed by atoms with Crippen molar-refractivity contribution in [1.82, 2.24) is 14.9 Å². The zero-order valence-electron chi connectivity index (χ0n) is 16.4. The number of carbonyl (C=O) groups excluding carboxylic acids is 1. The maximum atomic E-state index is 12.8. The van der Waals surface area contributed by atoms with Gasteiger partial charge >= 0.3 is 0 Å². The Balaban J connectivity index is 1.62. The molecule has 1 N–H and O–H groups in total. The van der Waals surface area contributed by atoms with E-state index in [2.05, 4.69) is 21.0 Å². The Hall–Kier alpha value is -2.68. The van der Waals surface area contributed by atoms with E-state index in [1.165, 1.54) is 42.5 Å². The minimum atomic E-state index is -4.19. The molecule has 0 spiro atoms. The molecule has 9 heteroatoms. The molecule has 0 atom stereocenters. The summed E-state index contributed by atoms with van der Waals surface area (Å²) in [7, 11) is -1.56. The number of rotatable bonds is 6. The lowest BCUT2D eigenvalue weighted by molar-refractivity contribution is -0.118. The summed E-state index contributed by atoms with van der Waals surface area (Å²) in [5.41, 5.74) is 6.07. The molecule has 1 aromatic heterocycles.